The maximum Gasteiger partial charge on any atom is 0.0682 e. The van der Waals surface area contributed by atoms with Crippen molar-refractivity contribution in [2.75, 3.05) is 6.61 Å². The molecule has 0 radical (unpaired) electrons. The summed E-state index contributed by atoms with van der Waals surface area (Å²) in [6.07, 6.45) is 3.52. The molecule has 0 heterocycles. The van der Waals surface area contributed by atoms with Gasteiger partial charge in [0.2, 0.25) is 0 Å². The lowest BCUT2D eigenvalue weighted by atomic mass is 10.3. The number of rotatable bonds is 3. The third kappa shape index (κ3) is 3.21. The minimum Gasteiger partial charge on any atom is -0.396 e. The molecule has 11 heavy (non-hydrogen) atoms. The van der Waals surface area contributed by atoms with E-state index in [4.69, 9.17) is 5.11 Å². The summed E-state index contributed by atoms with van der Waals surface area (Å²) in [5.74, 6) is 1.29. The van der Waals surface area contributed by atoms with Crippen molar-refractivity contribution in [3.8, 4) is 0 Å². The summed E-state index contributed by atoms with van der Waals surface area (Å²) in [4.78, 5) is 0. The molecule has 2 atom stereocenters. The van der Waals surface area contributed by atoms with Crippen LogP contribution in [0.2, 0.25) is 19.6 Å². The first kappa shape index (κ1) is 9.01. The summed E-state index contributed by atoms with van der Waals surface area (Å²) in [7, 11) is -0.985. The van der Waals surface area contributed by atoms with Crippen molar-refractivity contribution in [3.63, 3.8) is 0 Å². The van der Waals surface area contributed by atoms with E-state index in [0.29, 0.717) is 18.4 Å². The fourth-order valence-corrected chi connectivity index (χ4v) is 1.95. The monoisotopic (exact) mass is 170 g/mol. The molecule has 0 aliphatic heterocycles. The van der Waals surface area contributed by atoms with Gasteiger partial charge >= 0.3 is 0 Å². The Morgan fingerprint density at radius 3 is 2.45 bits per heavy atom. The van der Waals surface area contributed by atoms with Crippen molar-refractivity contribution in [2.45, 2.75) is 26.1 Å². The zero-order valence-electron chi connectivity index (χ0n) is 7.67. The van der Waals surface area contributed by atoms with Gasteiger partial charge in [0.15, 0.2) is 0 Å². The summed E-state index contributed by atoms with van der Waals surface area (Å²) in [5, 5.41) is 8.78. The molecule has 0 bridgehead atoms. The van der Waals surface area contributed by atoms with E-state index in [-0.39, 0.29) is 0 Å². The molecule has 2 heteroatoms. The highest BCUT2D eigenvalue weighted by molar-refractivity contribution is 6.80. The lowest BCUT2D eigenvalue weighted by molar-refractivity contribution is 0.272. The highest BCUT2D eigenvalue weighted by Gasteiger charge is 2.33. The molecule has 1 fully saturated rings. The Morgan fingerprint density at radius 1 is 1.45 bits per heavy atom. The van der Waals surface area contributed by atoms with E-state index in [1.807, 2.05) is 0 Å². The Balaban J connectivity index is 2.28. The molecule has 1 saturated carbocycles. The second-order valence-corrected chi connectivity index (χ2v) is 9.63. The van der Waals surface area contributed by atoms with Gasteiger partial charge in [-0.2, -0.15) is 0 Å². The molecule has 2 unspecified atom stereocenters. The molecule has 1 nitrogen and oxygen atoms in total. The van der Waals surface area contributed by atoms with E-state index in [0.717, 1.165) is 0 Å². The van der Waals surface area contributed by atoms with Crippen molar-refractivity contribution < 1.29 is 5.11 Å². The molecular formula is C9H18OSi. The molecule has 64 valence electrons. The topological polar surface area (TPSA) is 20.2 Å². The number of hydrogen-bond donors (Lipinski definition) is 1. The fraction of sp³-hybridized carbons (Fsp3) is 0.778. The molecule has 0 spiro atoms. The normalized spacial score (nSPS) is 31.3. The Hall–Kier alpha value is -0.0831. The van der Waals surface area contributed by atoms with Crippen LogP contribution in [0.5, 0.6) is 0 Å². The van der Waals surface area contributed by atoms with Crippen LogP contribution in [0.15, 0.2) is 11.8 Å². The first-order chi connectivity index (χ1) is 5.03. The molecular weight excluding hydrogens is 152 g/mol. The van der Waals surface area contributed by atoms with E-state index in [1.165, 1.54) is 6.42 Å². The van der Waals surface area contributed by atoms with Crippen LogP contribution in [0.1, 0.15) is 6.42 Å². The van der Waals surface area contributed by atoms with Crippen molar-refractivity contribution in [1.29, 1.82) is 0 Å². The van der Waals surface area contributed by atoms with Gasteiger partial charge in [0.1, 0.15) is 0 Å². The van der Waals surface area contributed by atoms with Gasteiger partial charge in [-0.15, -0.1) is 0 Å². The van der Waals surface area contributed by atoms with E-state index < -0.39 is 8.07 Å². The zero-order valence-corrected chi connectivity index (χ0v) is 8.67. The minimum absolute atomic E-state index is 0.376. The SMILES string of the molecule is C[Si](C)(C)/C=C/C1CC1CO. The van der Waals surface area contributed by atoms with Crippen LogP contribution < -0.4 is 0 Å². The molecule has 0 saturated heterocycles. The van der Waals surface area contributed by atoms with Crippen LogP contribution in [0.3, 0.4) is 0 Å². The molecule has 0 aromatic rings. The average Bonchev–Trinajstić information content (AvgIpc) is 2.60. The van der Waals surface area contributed by atoms with Gasteiger partial charge in [-0.3, -0.25) is 0 Å². The second kappa shape index (κ2) is 3.11. The van der Waals surface area contributed by atoms with Crippen molar-refractivity contribution in [2.24, 2.45) is 11.8 Å². The number of allylic oxidation sites excluding steroid dienone is 1. The minimum atomic E-state index is -0.985. The molecule has 1 rings (SSSR count). The number of aliphatic hydroxyl groups excluding tert-OH is 1. The van der Waals surface area contributed by atoms with Gasteiger partial charge in [0.05, 0.1) is 8.07 Å². The summed E-state index contributed by atoms with van der Waals surface area (Å²) in [5.41, 5.74) is 2.38. The lowest BCUT2D eigenvalue weighted by Gasteiger charge is -2.07. The van der Waals surface area contributed by atoms with Gasteiger partial charge in [-0.1, -0.05) is 31.4 Å². The molecule has 1 N–H and O–H groups in total. The number of hydrogen-bond acceptors (Lipinski definition) is 1. The summed E-state index contributed by atoms with van der Waals surface area (Å²) in [6.45, 7) is 7.38. The van der Waals surface area contributed by atoms with Crippen LogP contribution in [0, 0.1) is 11.8 Å². The predicted molar refractivity (Wildman–Crippen MR) is 51.2 cm³/mol. The lowest BCUT2D eigenvalue weighted by Crippen LogP contribution is -2.15. The van der Waals surface area contributed by atoms with Crippen LogP contribution in [-0.2, 0) is 0 Å². The number of aliphatic hydroxyl groups is 1. The maximum atomic E-state index is 8.78. The summed E-state index contributed by atoms with van der Waals surface area (Å²) in [6, 6.07) is 0. The third-order valence-electron chi connectivity index (χ3n) is 2.06. The van der Waals surface area contributed by atoms with Gasteiger partial charge in [-0.05, 0) is 18.3 Å². The Morgan fingerprint density at radius 2 is 2.09 bits per heavy atom. The largest absolute Gasteiger partial charge is 0.396 e. The van der Waals surface area contributed by atoms with Crippen molar-refractivity contribution in [1.82, 2.24) is 0 Å². The van der Waals surface area contributed by atoms with Gasteiger partial charge in [-0.25, -0.2) is 0 Å². The van der Waals surface area contributed by atoms with Crippen LogP contribution in [-0.4, -0.2) is 19.8 Å². The van der Waals surface area contributed by atoms with Gasteiger partial charge < -0.3 is 5.11 Å². The van der Waals surface area contributed by atoms with Crippen molar-refractivity contribution >= 4 is 8.07 Å². The quantitative estimate of drug-likeness (QED) is 0.643. The van der Waals surface area contributed by atoms with E-state index in [1.54, 1.807) is 0 Å². The third-order valence-corrected chi connectivity index (χ3v) is 3.25. The first-order valence-electron chi connectivity index (χ1n) is 4.33. The smallest absolute Gasteiger partial charge is 0.0682 e. The fourth-order valence-electron chi connectivity index (χ4n) is 1.13. The second-order valence-electron chi connectivity index (χ2n) is 4.57. The molecule has 1 aliphatic rings. The molecule has 0 aromatic carbocycles. The molecule has 0 aromatic heterocycles. The standard InChI is InChI=1S/C9H18OSi/c1-11(2,3)5-4-8-6-9(8)7-10/h4-5,8-10H,6-7H2,1-3H3/b5-4+. The van der Waals surface area contributed by atoms with Crippen LogP contribution in [0.4, 0.5) is 0 Å². The Bertz CT molecular complexity index is 157. The van der Waals surface area contributed by atoms with Crippen LogP contribution in [0.25, 0.3) is 0 Å². The van der Waals surface area contributed by atoms with E-state index in [2.05, 4.69) is 31.4 Å². The highest BCUT2D eigenvalue weighted by Crippen LogP contribution is 2.39. The zero-order chi connectivity index (χ0) is 8.48. The van der Waals surface area contributed by atoms with Gasteiger partial charge in [0.25, 0.3) is 0 Å². The van der Waals surface area contributed by atoms with E-state index in [9.17, 15) is 0 Å². The maximum absolute atomic E-state index is 8.78. The summed E-state index contributed by atoms with van der Waals surface area (Å²) >= 11 is 0. The predicted octanol–water partition coefficient (Wildman–Crippen LogP) is 2.05. The van der Waals surface area contributed by atoms with Crippen LogP contribution >= 0.6 is 0 Å². The summed E-state index contributed by atoms with van der Waals surface area (Å²) < 4.78 is 0. The first-order valence-corrected chi connectivity index (χ1v) is 7.91. The Labute approximate surface area is 70.1 Å². The Kier molecular flexibility index (Phi) is 2.55. The molecule has 0 amide bonds. The molecule has 1 aliphatic carbocycles. The van der Waals surface area contributed by atoms with Crippen molar-refractivity contribution in [3.05, 3.63) is 11.8 Å². The van der Waals surface area contributed by atoms with E-state index >= 15 is 0 Å². The average molecular weight is 170 g/mol. The van der Waals surface area contributed by atoms with Gasteiger partial charge in [0, 0.05) is 6.61 Å². The highest BCUT2D eigenvalue weighted by atomic mass is 28.3.